The van der Waals surface area contributed by atoms with Gasteiger partial charge in [0.1, 0.15) is 29.3 Å². The fourth-order valence-electron chi connectivity index (χ4n) is 6.13. The lowest BCUT2D eigenvalue weighted by Crippen LogP contribution is -2.63. The molecule has 3 atom stereocenters. The minimum absolute atomic E-state index is 0.141. The zero-order chi connectivity index (χ0) is 33.5. The third-order valence-electron chi connectivity index (χ3n) is 8.49. The molecule has 4 rings (SSSR count). The molecule has 250 valence electrons. The number of imidazole rings is 1. The van der Waals surface area contributed by atoms with Gasteiger partial charge >= 0.3 is 12.1 Å². The van der Waals surface area contributed by atoms with Crippen LogP contribution >= 0.6 is 0 Å². The Hall–Kier alpha value is -4.42. The van der Waals surface area contributed by atoms with Gasteiger partial charge in [-0.05, 0) is 52.0 Å². The Morgan fingerprint density at radius 1 is 1.00 bits per heavy atom. The van der Waals surface area contributed by atoms with Gasteiger partial charge in [0.25, 0.3) is 0 Å². The van der Waals surface area contributed by atoms with E-state index in [1.807, 2.05) is 30.3 Å². The van der Waals surface area contributed by atoms with Gasteiger partial charge in [-0.3, -0.25) is 14.4 Å². The number of carbonyl (C=O) groups excluding carboxylic acids is 5. The Morgan fingerprint density at radius 2 is 1.70 bits per heavy atom. The fraction of sp³-hybridized carbons (Fsp3) is 0.576. The second-order valence-electron chi connectivity index (χ2n) is 13.1. The topological polar surface area (TPSA) is 161 Å². The first-order chi connectivity index (χ1) is 21.8. The molecule has 0 spiro atoms. The smallest absolute Gasteiger partial charge is 0.408 e. The number of likely N-dealkylation sites (tertiary alicyclic amines) is 1. The van der Waals surface area contributed by atoms with Crippen LogP contribution in [0.2, 0.25) is 0 Å². The first kappa shape index (κ1) is 34.5. The number of alkyl carbamates (subject to hydrolysis) is 1. The van der Waals surface area contributed by atoms with Crippen molar-refractivity contribution in [1.29, 1.82) is 0 Å². The summed E-state index contributed by atoms with van der Waals surface area (Å²) in [6, 6.07) is 6.50. The zero-order valence-electron chi connectivity index (χ0n) is 27.3. The zero-order valence-corrected chi connectivity index (χ0v) is 27.3. The van der Waals surface area contributed by atoms with E-state index in [0.717, 1.165) is 18.4 Å². The van der Waals surface area contributed by atoms with E-state index in [1.165, 1.54) is 12.0 Å². The van der Waals surface area contributed by atoms with Crippen LogP contribution in [0.5, 0.6) is 0 Å². The minimum Gasteiger partial charge on any atom is -0.467 e. The van der Waals surface area contributed by atoms with Crippen molar-refractivity contribution in [3.8, 4) is 0 Å². The number of rotatable bonds is 11. The van der Waals surface area contributed by atoms with Crippen LogP contribution in [0.15, 0.2) is 42.9 Å². The number of amides is 4. The van der Waals surface area contributed by atoms with Crippen LogP contribution in [-0.4, -0.2) is 87.2 Å². The summed E-state index contributed by atoms with van der Waals surface area (Å²) >= 11 is 0. The molecule has 1 saturated heterocycles. The highest BCUT2D eigenvalue weighted by atomic mass is 16.6. The second kappa shape index (κ2) is 14.8. The lowest BCUT2D eigenvalue weighted by Gasteiger charge is -2.34. The van der Waals surface area contributed by atoms with Gasteiger partial charge in [-0.1, -0.05) is 43.2 Å². The fourth-order valence-corrected chi connectivity index (χ4v) is 6.13. The maximum Gasteiger partial charge on any atom is 0.408 e. The Labute approximate surface area is 269 Å². The van der Waals surface area contributed by atoms with E-state index in [0.29, 0.717) is 37.9 Å². The Kier molecular flexibility index (Phi) is 11.1. The molecular formula is C33H46N6O7. The maximum absolute atomic E-state index is 14.0. The Morgan fingerprint density at radius 3 is 2.30 bits per heavy atom. The van der Waals surface area contributed by atoms with Crippen LogP contribution in [-0.2, 0) is 48.5 Å². The number of aryl methyl sites for hydroxylation is 1. The average molecular weight is 639 g/mol. The van der Waals surface area contributed by atoms with Crippen LogP contribution < -0.4 is 16.0 Å². The van der Waals surface area contributed by atoms with Gasteiger partial charge in [0.15, 0.2) is 0 Å². The molecule has 1 aromatic carbocycles. The Balaban J connectivity index is 1.50. The molecule has 13 heteroatoms. The third kappa shape index (κ3) is 8.64. The molecule has 4 amide bonds. The number of esters is 1. The van der Waals surface area contributed by atoms with E-state index in [9.17, 15) is 24.0 Å². The predicted molar refractivity (Wildman–Crippen MR) is 168 cm³/mol. The molecule has 3 N–H and O–H groups in total. The van der Waals surface area contributed by atoms with E-state index >= 15 is 0 Å². The van der Waals surface area contributed by atoms with Crippen LogP contribution in [0, 0.1) is 0 Å². The second-order valence-corrected chi connectivity index (χ2v) is 13.1. The number of hydrogen-bond acceptors (Lipinski definition) is 8. The molecule has 13 nitrogen and oxygen atoms in total. The summed E-state index contributed by atoms with van der Waals surface area (Å²) in [5.74, 6) is -1.91. The summed E-state index contributed by atoms with van der Waals surface area (Å²) in [5, 5.41) is 8.52. The highest BCUT2D eigenvalue weighted by Crippen LogP contribution is 2.31. The van der Waals surface area contributed by atoms with Crippen molar-refractivity contribution in [3.05, 3.63) is 54.1 Å². The van der Waals surface area contributed by atoms with Crippen LogP contribution in [0.25, 0.3) is 0 Å². The standard InChI is InChI=1S/C33H46N6O7/c1-32(2,3)46-31(44)36-24(19-23-20-34-21-38(23)4)28(41)39-17-11-14-26(39)27(40)37-33(15-9-10-16-33)30(43)35-25(29(42)45-5)18-22-12-7-6-8-13-22/h6-8,12-13,20-21,24-26H,9-11,14-19H2,1-5H3,(H,35,43)(H,36,44)(H,37,40)/t24-,25-,26+/m0/s1. The monoisotopic (exact) mass is 638 g/mol. The number of hydrogen-bond donors (Lipinski definition) is 3. The van der Waals surface area contributed by atoms with Crippen molar-refractivity contribution >= 4 is 29.8 Å². The van der Waals surface area contributed by atoms with E-state index in [1.54, 1.807) is 44.9 Å². The van der Waals surface area contributed by atoms with Crippen molar-refractivity contribution in [2.75, 3.05) is 13.7 Å². The SMILES string of the molecule is COC(=O)[C@H](Cc1ccccc1)NC(=O)C1(NC(=O)[C@H]2CCCN2C(=O)[C@H](Cc2cncn2C)NC(=O)OC(C)(C)C)CCCC1. The van der Waals surface area contributed by atoms with Gasteiger partial charge in [0, 0.05) is 38.3 Å². The molecule has 0 bridgehead atoms. The molecule has 1 aliphatic heterocycles. The van der Waals surface area contributed by atoms with Crippen molar-refractivity contribution in [3.63, 3.8) is 0 Å². The molecule has 2 aromatic rings. The van der Waals surface area contributed by atoms with Gasteiger partial charge in [0.2, 0.25) is 17.7 Å². The number of carbonyl (C=O) groups is 5. The molecule has 1 saturated carbocycles. The van der Waals surface area contributed by atoms with Crippen LogP contribution in [0.3, 0.4) is 0 Å². The lowest BCUT2D eigenvalue weighted by atomic mass is 9.94. The highest BCUT2D eigenvalue weighted by Gasteiger charge is 2.47. The van der Waals surface area contributed by atoms with Crippen LogP contribution in [0.4, 0.5) is 4.79 Å². The van der Waals surface area contributed by atoms with Gasteiger partial charge in [0.05, 0.1) is 13.4 Å². The number of methoxy groups -OCH3 is 1. The third-order valence-corrected chi connectivity index (χ3v) is 8.49. The molecule has 2 heterocycles. The van der Waals surface area contributed by atoms with Gasteiger partial charge in [-0.15, -0.1) is 0 Å². The quantitative estimate of drug-likeness (QED) is 0.316. The minimum atomic E-state index is -1.24. The molecule has 0 radical (unpaired) electrons. The van der Waals surface area contributed by atoms with E-state index < -0.39 is 59.0 Å². The normalized spacial score (nSPS) is 18.7. The van der Waals surface area contributed by atoms with Gasteiger partial charge < -0.3 is 34.9 Å². The van der Waals surface area contributed by atoms with E-state index in [-0.39, 0.29) is 12.8 Å². The molecular weight excluding hydrogens is 592 g/mol. The maximum atomic E-state index is 14.0. The summed E-state index contributed by atoms with van der Waals surface area (Å²) in [6.45, 7) is 5.51. The lowest BCUT2D eigenvalue weighted by molar-refractivity contribution is -0.147. The largest absolute Gasteiger partial charge is 0.467 e. The first-order valence-corrected chi connectivity index (χ1v) is 15.8. The summed E-state index contributed by atoms with van der Waals surface area (Å²) in [6.07, 6.45) is 6.06. The summed E-state index contributed by atoms with van der Waals surface area (Å²) in [7, 11) is 3.06. The summed E-state index contributed by atoms with van der Waals surface area (Å²) < 4.78 is 12.2. The molecule has 46 heavy (non-hydrogen) atoms. The number of ether oxygens (including phenoxy) is 2. The predicted octanol–water partition coefficient (Wildman–Crippen LogP) is 2.18. The number of nitrogens with one attached hydrogen (secondary N) is 3. The molecule has 1 aromatic heterocycles. The summed E-state index contributed by atoms with van der Waals surface area (Å²) in [5.41, 5.74) is -0.444. The molecule has 1 aliphatic carbocycles. The number of benzene rings is 1. The molecule has 0 unspecified atom stereocenters. The Bertz CT molecular complexity index is 1400. The summed E-state index contributed by atoms with van der Waals surface area (Å²) in [4.78, 5) is 72.7. The van der Waals surface area contributed by atoms with Crippen LogP contribution in [0.1, 0.15) is 70.6 Å². The van der Waals surface area contributed by atoms with Crippen molar-refractivity contribution in [2.45, 2.75) is 101 Å². The average Bonchev–Trinajstić information content (AvgIpc) is 3.77. The first-order valence-electron chi connectivity index (χ1n) is 15.8. The molecule has 2 aliphatic rings. The number of aromatic nitrogens is 2. The highest BCUT2D eigenvalue weighted by molar-refractivity contribution is 5.97. The molecule has 2 fully saturated rings. The van der Waals surface area contributed by atoms with Crippen molar-refractivity contribution < 1.29 is 33.4 Å². The van der Waals surface area contributed by atoms with Crippen molar-refractivity contribution in [2.24, 2.45) is 7.05 Å². The number of nitrogens with zero attached hydrogens (tertiary/aromatic N) is 3. The van der Waals surface area contributed by atoms with Gasteiger partial charge in [-0.2, -0.15) is 0 Å². The van der Waals surface area contributed by atoms with E-state index in [2.05, 4.69) is 20.9 Å². The van der Waals surface area contributed by atoms with Gasteiger partial charge in [-0.25, -0.2) is 14.6 Å². The van der Waals surface area contributed by atoms with Crippen molar-refractivity contribution in [1.82, 2.24) is 30.4 Å². The van der Waals surface area contributed by atoms with E-state index in [4.69, 9.17) is 9.47 Å².